The van der Waals surface area contributed by atoms with Crippen molar-refractivity contribution in [2.75, 3.05) is 10.0 Å². The highest BCUT2D eigenvalue weighted by atomic mass is 35.5. The van der Waals surface area contributed by atoms with Crippen LogP contribution in [0.2, 0.25) is 5.02 Å². The van der Waals surface area contributed by atoms with Gasteiger partial charge in [-0.2, -0.15) is 0 Å². The lowest BCUT2D eigenvalue weighted by molar-refractivity contribution is -0.111. The number of hydrogen-bond acceptors (Lipinski definition) is 3. The van der Waals surface area contributed by atoms with E-state index in [1.807, 2.05) is 66.7 Å². The maximum absolute atomic E-state index is 13.2. The van der Waals surface area contributed by atoms with Crippen LogP contribution in [-0.4, -0.2) is 14.3 Å². The fraction of sp³-hybridized carbons (Fsp3) is 0. The number of halogens is 1. The van der Waals surface area contributed by atoms with Crippen molar-refractivity contribution in [1.29, 1.82) is 0 Å². The molecule has 34 heavy (non-hydrogen) atoms. The number of nitrogens with one attached hydrogen (secondary N) is 2. The third kappa shape index (κ3) is 5.73. The van der Waals surface area contributed by atoms with Gasteiger partial charge in [0.05, 0.1) is 15.6 Å². The summed E-state index contributed by atoms with van der Waals surface area (Å²) in [7, 11) is -3.84. The summed E-state index contributed by atoms with van der Waals surface area (Å²) in [5, 5.41) is 3.15. The van der Waals surface area contributed by atoms with Crippen LogP contribution >= 0.6 is 11.6 Å². The molecular weight excluding hydrogens is 468 g/mol. The molecule has 4 aromatic rings. The number of rotatable bonds is 7. The van der Waals surface area contributed by atoms with E-state index in [9.17, 15) is 13.2 Å². The average Bonchev–Trinajstić information content (AvgIpc) is 2.85. The SMILES string of the molecule is O=C(Nc1ccc(S(=O)(=O)Nc2ccccc2Cl)cc1)/C(=C/c1ccccc1)c1ccccc1. The lowest BCUT2D eigenvalue weighted by atomic mass is 10.0. The first-order valence-electron chi connectivity index (χ1n) is 10.4. The van der Waals surface area contributed by atoms with Crippen molar-refractivity contribution in [3.63, 3.8) is 0 Å². The molecule has 7 heteroatoms. The van der Waals surface area contributed by atoms with Gasteiger partial charge in [0, 0.05) is 11.3 Å². The van der Waals surface area contributed by atoms with Crippen molar-refractivity contribution in [1.82, 2.24) is 0 Å². The zero-order valence-electron chi connectivity index (χ0n) is 18.0. The van der Waals surface area contributed by atoms with Gasteiger partial charge in [-0.25, -0.2) is 8.42 Å². The Bertz CT molecular complexity index is 1420. The molecule has 0 fully saturated rings. The first-order chi connectivity index (χ1) is 16.4. The number of carbonyl (C=O) groups is 1. The van der Waals surface area contributed by atoms with Crippen molar-refractivity contribution in [2.45, 2.75) is 4.90 Å². The Kier molecular flexibility index (Phi) is 7.11. The van der Waals surface area contributed by atoms with Gasteiger partial charge in [-0.3, -0.25) is 9.52 Å². The van der Waals surface area contributed by atoms with E-state index in [4.69, 9.17) is 11.6 Å². The standard InChI is InChI=1S/C27H21ClN2O3S/c28-25-13-7-8-14-26(25)30-34(32,33)23-17-15-22(16-18-23)29-27(31)24(21-11-5-2-6-12-21)19-20-9-3-1-4-10-20/h1-19,30H,(H,29,31)/b24-19+. The summed E-state index contributed by atoms with van der Waals surface area (Å²) < 4.78 is 27.9. The Labute approximate surface area is 203 Å². The van der Waals surface area contributed by atoms with Gasteiger partial charge in [0.25, 0.3) is 15.9 Å². The smallest absolute Gasteiger partial charge is 0.261 e. The van der Waals surface area contributed by atoms with E-state index in [1.54, 1.807) is 36.4 Å². The van der Waals surface area contributed by atoms with Crippen LogP contribution in [0, 0.1) is 0 Å². The Morgan fingerprint density at radius 2 is 1.32 bits per heavy atom. The number of hydrogen-bond donors (Lipinski definition) is 2. The maximum Gasteiger partial charge on any atom is 0.261 e. The minimum Gasteiger partial charge on any atom is -0.322 e. The predicted octanol–water partition coefficient (Wildman–Crippen LogP) is 6.32. The van der Waals surface area contributed by atoms with E-state index in [0.717, 1.165) is 11.1 Å². The molecule has 4 rings (SSSR count). The fourth-order valence-corrected chi connectivity index (χ4v) is 4.60. The van der Waals surface area contributed by atoms with Crippen LogP contribution < -0.4 is 10.0 Å². The fourth-order valence-electron chi connectivity index (χ4n) is 3.28. The summed E-state index contributed by atoms with van der Waals surface area (Å²) in [6, 6.07) is 31.5. The first-order valence-corrected chi connectivity index (χ1v) is 12.3. The lowest BCUT2D eigenvalue weighted by Gasteiger charge is -2.12. The van der Waals surface area contributed by atoms with E-state index in [2.05, 4.69) is 10.0 Å². The molecule has 0 aliphatic heterocycles. The highest BCUT2D eigenvalue weighted by Crippen LogP contribution is 2.25. The van der Waals surface area contributed by atoms with E-state index in [0.29, 0.717) is 22.0 Å². The second-order valence-corrected chi connectivity index (χ2v) is 9.49. The van der Waals surface area contributed by atoms with Gasteiger partial charge in [-0.15, -0.1) is 0 Å². The van der Waals surface area contributed by atoms with Crippen LogP contribution in [0.3, 0.4) is 0 Å². The zero-order chi connectivity index (χ0) is 24.0. The molecule has 0 unspecified atom stereocenters. The zero-order valence-corrected chi connectivity index (χ0v) is 19.6. The van der Waals surface area contributed by atoms with Gasteiger partial charge in [0.15, 0.2) is 0 Å². The van der Waals surface area contributed by atoms with Gasteiger partial charge in [0.2, 0.25) is 0 Å². The highest BCUT2D eigenvalue weighted by Gasteiger charge is 2.17. The molecule has 0 heterocycles. The van der Waals surface area contributed by atoms with Gasteiger partial charge in [-0.05, 0) is 53.6 Å². The largest absolute Gasteiger partial charge is 0.322 e. The second-order valence-electron chi connectivity index (χ2n) is 7.40. The summed E-state index contributed by atoms with van der Waals surface area (Å²) in [6.07, 6.45) is 1.82. The number of carbonyl (C=O) groups excluding carboxylic acids is 1. The van der Waals surface area contributed by atoms with Gasteiger partial charge < -0.3 is 5.32 Å². The molecule has 0 aromatic heterocycles. The maximum atomic E-state index is 13.2. The van der Waals surface area contributed by atoms with Gasteiger partial charge in [-0.1, -0.05) is 84.4 Å². The molecule has 1 amide bonds. The van der Waals surface area contributed by atoms with Crippen LogP contribution in [0.25, 0.3) is 11.6 Å². The van der Waals surface area contributed by atoms with E-state index in [1.165, 1.54) is 12.1 Å². The van der Waals surface area contributed by atoms with Crippen molar-refractivity contribution in [3.8, 4) is 0 Å². The number of benzene rings is 4. The van der Waals surface area contributed by atoms with E-state index < -0.39 is 10.0 Å². The van der Waals surface area contributed by atoms with Crippen LogP contribution in [0.4, 0.5) is 11.4 Å². The van der Waals surface area contributed by atoms with Gasteiger partial charge in [0.1, 0.15) is 0 Å². The molecule has 0 saturated carbocycles. The summed E-state index contributed by atoms with van der Waals surface area (Å²) in [5.41, 5.74) is 2.91. The molecule has 4 aromatic carbocycles. The van der Waals surface area contributed by atoms with Crippen LogP contribution in [-0.2, 0) is 14.8 Å². The van der Waals surface area contributed by atoms with Crippen LogP contribution in [0.1, 0.15) is 11.1 Å². The Balaban J connectivity index is 1.55. The molecule has 2 N–H and O–H groups in total. The van der Waals surface area contributed by atoms with Crippen molar-refractivity contribution in [3.05, 3.63) is 125 Å². The molecular formula is C27H21ClN2O3S. The number of anilines is 2. The number of para-hydroxylation sites is 1. The second kappa shape index (κ2) is 10.4. The summed E-state index contributed by atoms with van der Waals surface area (Å²) in [5.74, 6) is -0.306. The quantitative estimate of drug-likeness (QED) is 0.236. The van der Waals surface area contributed by atoms with Crippen LogP contribution in [0.5, 0.6) is 0 Å². The summed E-state index contributed by atoms with van der Waals surface area (Å²) >= 11 is 6.06. The topological polar surface area (TPSA) is 75.3 Å². The molecule has 170 valence electrons. The normalized spacial score (nSPS) is 11.6. The average molecular weight is 489 g/mol. The Morgan fingerprint density at radius 1 is 0.735 bits per heavy atom. The minimum atomic E-state index is -3.84. The van der Waals surface area contributed by atoms with E-state index >= 15 is 0 Å². The molecule has 0 bridgehead atoms. The number of sulfonamides is 1. The molecule has 0 radical (unpaired) electrons. The molecule has 0 spiro atoms. The third-order valence-electron chi connectivity index (χ3n) is 4.98. The predicted molar refractivity (Wildman–Crippen MR) is 138 cm³/mol. The monoisotopic (exact) mass is 488 g/mol. The van der Waals surface area contributed by atoms with Gasteiger partial charge >= 0.3 is 0 Å². The highest BCUT2D eigenvalue weighted by molar-refractivity contribution is 7.92. The summed E-state index contributed by atoms with van der Waals surface area (Å²) in [4.78, 5) is 13.2. The minimum absolute atomic E-state index is 0.0496. The van der Waals surface area contributed by atoms with Crippen molar-refractivity contribution in [2.24, 2.45) is 0 Å². The molecule has 0 atom stereocenters. The molecule has 0 saturated heterocycles. The Morgan fingerprint density at radius 3 is 1.97 bits per heavy atom. The third-order valence-corrected chi connectivity index (χ3v) is 6.69. The first kappa shape index (κ1) is 23.3. The van der Waals surface area contributed by atoms with E-state index in [-0.39, 0.29) is 10.8 Å². The molecule has 0 aliphatic rings. The number of amides is 1. The van der Waals surface area contributed by atoms with Crippen molar-refractivity contribution >= 4 is 50.6 Å². The van der Waals surface area contributed by atoms with Crippen molar-refractivity contribution < 1.29 is 13.2 Å². The molecule has 0 aliphatic carbocycles. The lowest BCUT2D eigenvalue weighted by Crippen LogP contribution is -2.15. The Hall–Kier alpha value is -3.87. The molecule has 5 nitrogen and oxygen atoms in total. The summed E-state index contributed by atoms with van der Waals surface area (Å²) in [6.45, 7) is 0. The van der Waals surface area contributed by atoms with Crippen LogP contribution in [0.15, 0.2) is 114 Å².